The molecule has 0 aliphatic heterocycles. The van der Waals surface area contributed by atoms with Crippen molar-refractivity contribution in [3.05, 3.63) is 0 Å². The van der Waals surface area contributed by atoms with E-state index < -0.39 is 0 Å². The molecule has 0 spiro atoms. The Morgan fingerprint density at radius 3 is 2.43 bits per heavy atom. The lowest BCUT2D eigenvalue weighted by Gasteiger charge is -2.42. The molecule has 0 bridgehead atoms. The zero-order valence-electron chi connectivity index (χ0n) is 9.66. The molecule has 1 saturated carbocycles. The monoisotopic (exact) mass is 200 g/mol. The lowest BCUT2D eigenvalue weighted by Crippen LogP contribution is -2.37. The number of hydrogen-bond donors (Lipinski definition) is 2. The molecule has 3 atom stereocenters. The summed E-state index contributed by atoms with van der Waals surface area (Å²) in [5.74, 6) is 1.68. The van der Waals surface area contributed by atoms with Gasteiger partial charge in [-0.25, -0.2) is 0 Å². The molecule has 0 radical (unpaired) electrons. The van der Waals surface area contributed by atoms with Crippen molar-refractivity contribution >= 4 is 0 Å². The molecular weight excluding hydrogens is 176 g/mol. The number of rotatable bonds is 3. The van der Waals surface area contributed by atoms with Crippen LogP contribution in [0.2, 0.25) is 0 Å². The summed E-state index contributed by atoms with van der Waals surface area (Å²) in [6, 6.07) is 0. The summed E-state index contributed by atoms with van der Waals surface area (Å²) < 4.78 is 0. The summed E-state index contributed by atoms with van der Waals surface area (Å²) in [5, 5.41) is 18.7. The zero-order chi connectivity index (χ0) is 10.8. The number of aliphatic hydroxyl groups is 2. The second-order valence-electron chi connectivity index (χ2n) is 5.56. The van der Waals surface area contributed by atoms with E-state index in [1.54, 1.807) is 0 Å². The van der Waals surface area contributed by atoms with Crippen molar-refractivity contribution in [2.24, 2.45) is 23.2 Å². The molecule has 2 N–H and O–H groups in total. The Balaban J connectivity index is 2.63. The second-order valence-corrected chi connectivity index (χ2v) is 5.56. The Morgan fingerprint density at radius 2 is 2.00 bits per heavy atom. The van der Waals surface area contributed by atoms with E-state index in [0.29, 0.717) is 17.8 Å². The molecule has 1 aliphatic rings. The SMILES string of the molecule is CC(C)C1CCC(C)(CO)CC1CO. The molecule has 0 aromatic carbocycles. The van der Waals surface area contributed by atoms with Crippen LogP contribution in [0.4, 0.5) is 0 Å². The van der Waals surface area contributed by atoms with Crippen LogP contribution in [0, 0.1) is 23.2 Å². The van der Waals surface area contributed by atoms with Crippen LogP contribution in [0.5, 0.6) is 0 Å². The van der Waals surface area contributed by atoms with Gasteiger partial charge >= 0.3 is 0 Å². The summed E-state index contributed by atoms with van der Waals surface area (Å²) in [6.07, 6.45) is 3.23. The number of aliphatic hydroxyl groups excluding tert-OH is 2. The first-order valence-corrected chi connectivity index (χ1v) is 5.74. The molecule has 14 heavy (non-hydrogen) atoms. The Bertz CT molecular complexity index is 179. The quantitative estimate of drug-likeness (QED) is 0.732. The first-order valence-electron chi connectivity index (χ1n) is 5.74. The third-order valence-electron chi connectivity index (χ3n) is 3.91. The smallest absolute Gasteiger partial charge is 0.0484 e. The normalized spacial score (nSPS) is 39.0. The van der Waals surface area contributed by atoms with Gasteiger partial charge in [-0.2, -0.15) is 0 Å². The van der Waals surface area contributed by atoms with Gasteiger partial charge in [-0.05, 0) is 42.4 Å². The van der Waals surface area contributed by atoms with E-state index in [2.05, 4.69) is 20.8 Å². The molecule has 0 heterocycles. The molecule has 2 heteroatoms. The molecule has 2 nitrogen and oxygen atoms in total. The van der Waals surface area contributed by atoms with Crippen molar-refractivity contribution in [2.45, 2.75) is 40.0 Å². The lowest BCUT2D eigenvalue weighted by atomic mass is 9.64. The molecule has 1 rings (SSSR count). The summed E-state index contributed by atoms with van der Waals surface area (Å²) in [6.45, 7) is 7.13. The van der Waals surface area contributed by atoms with Gasteiger partial charge in [-0.3, -0.25) is 0 Å². The third-order valence-corrected chi connectivity index (χ3v) is 3.91. The molecular formula is C12H24O2. The Hall–Kier alpha value is -0.0800. The van der Waals surface area contributed by atoms with Gasteiger partial charge in [0.15, 0.2) is 0 Å². The lowest BCUT2D eigenvalue weighted by molar-refractivity contribution is 0.00556. The predicted octanol–water partition coefficient (Wildman–Crippen LogP) is 2.05. The van der Waals surface area contributed by atoms with Gasteiger partial charge in [0.1, 0.15) is 0 Å². The Labute approximate surface area is 87.3 Å². The summed E-state index contributed by atoms with van der Waals surface area (Å²) in [5.41, 5.74) is 0.0544. The van der Waals surface area contributed by atoms with E-state index in [1.807, 2.05) is 0 Å². The van der Waals surface area contributed by atoms with E-state index in [-0.39, 0.29) is 18.6 Å². The van der Waals surface area contributed by atoms with Gasteiger partial charge in [-0.15, -0.1) is 0 Å². The van der Waals surface area contributed by atoms with Crippen molar-refractivity contribution in [2.75, 3.05) is 13.2 Å². The van der Waals surface area contributed by atoms with Gasteiger partial charge in [0, 0.05) is 13.2 Å². The first-order chi connectivity index (χ1) is 6.52. The average Bonchev–Trinajstić information content (AvgIpc) is 2.17. The minimum atomic E-state index is 0.0544. The van der Waals surface area contributed by atoms with Gasteiger partial charge in [0.05, 0.1) is 0 Å². The van der Waals surface area contributed by atoms with Crippen molar-refractivity contribution in [1.82, 2.24) is 0 Å². The summed E-state index contributed by atoms with van der Waals surface area (Å²) in [4.78, 5) is 0. The highest BCUT2D eigenvalue weighted by Gasteiger charge is 2.37. The number of hydrogen-bond acceptors (Lipinski definition) is 2. The van der Waals surface area contributed by atoms with Crippen molar-refractivity contribution < 1.29 is 10.2 Å². The van der Waals surface area contributed by atoms with E-state index in [4.69, 9.17) is 0 Å². The fraction of sp³-hybridized carbons (Fsp3) is 1.00. The van der Waals surface area contributed by atoms with Gasteiger partial charge in [0.2, 0.25) is 0 Å². The second kappa shape index (κ2) is 4.63. The summed E-state index contributed by atoms with van der Waals surface area (Å²) >= 11 is 0. The van der Waals surface area contributed by atoms with E-state index in [9.17, 15) is 10.2 Å². The molecule has 0 amide bonds. The minimum Gasteiger partial charge on any atom is -0.396 e. The molecule has 3 unspecified atom stereocenters. The van der Waals surface area contributed by atoms with E-state index in [0.717, 1.165) is 19.3 Å². The average molecular weight is 200 g/mol. The van der Waals surface area contributed by atoms with E-state index in [1.165, 1.54) is 0 Å². The van der Waals surface area contributed by atoms with Crippen molar-refractivity contribution in [3.63, 3.8) is 0 Å². The van der Waals surface area contributed by atoms with Crippen LogP contribution in [0.25, 0.3) is 0 Å². The van der Waals surface area contributed by atoms with Gasteiger partial charge in [-0.1, -0.05) is 20.8 Å². The van der Waals surface area contributed by atoms with Crippen LogP contribution in [0.15, 0.2) is 0 Å². The van der Waals surface area contributed by atoms with Crippen LogP contribution in [0.1, 0.15) is 40.0 Å². The molecule has 0 saturated heterocycles. The highest BCUT2D eigenvalue weighted by Crippen LogP contribution is 2.44. The third kappa shape index (κ3) is 2.48. The Morgan fingerprint density at radius 1 is 1.36 bits per heavy atom. The molecule has 84 valence electrons. The highest BCUT2D eigenvalue weighted by atomic mass is 16.3. The molecule has 1 aliphatic carbocycles. The van der Waals surface area contributed by atoms with Gasteiger partial charge in [0.25, 0.3) is 0 Å². The molecule has 0 aromatic heterocycles. The topological polar surface area (TPSA) is 40.5 Å². The summed E-state index contributed by atoms with van der Waals surface area (Å²) in [7, 11) is 0. The van der Waals surface area contributed by atoms with E-state index >= 15 is 0 Å². The van der Waals surface area contributed by atoms with Crippen LogP contribution >= 0.6 is 0 Å². The maximum atomic E-state index is 9.36. The highest BCUT2D eigenvalue weighted by molar-refractivity contribution is 4.87. The van der Waals surface area contributed by atoms with Gasteiger partial charge < -0.3 is 10.2 Å². The van der Waals surface area contributed by atoms with Crippen LogP contribution in [-0.2, 0) is 0 Å². The minimum absolute atomic E-state index is 0.0544. The Kier molecular flexibility index (Phi) is 3.96. The molecule has 0 aromatic rings. The van der Waals surface area contributed by atoms with Crippen molar-refractivity contribution in [3.8, 4) is 0 Å². The zero-order valence-corrected chi connectivity index (χ0v) is 9.66. The van der Waals surface area contributed by atoms with Crippen LogP contribution in [0.3, 0.4) is 0 Å². The first kappa shape index (κ1) is 12.0. The predicted molar refractivity (Wildman–Crippen MR) is 57.9 cm³/mol. The largest absolute Gasteiger partial charge is 0.396 e. The molecule has 1 fully saturated rings. The van der Waals surface area contributed by atoms with Crippen LogP contribution < -0.4 is 0 Å². The standard InChI is InChI=1S/C12H24O2/c1-9(2)11-4-5-12(3,8-14)6-10(11)7-13/h9-11,13-14H,4-8H2,1-3H3. The fourth-order valence-corrected chi connectivity index (χ4v) is 2.86. The van der Waals surface area contributed by atoms with Crippen molar-refractivity contribution in [1.29, 1.82) is 0 Å². The van der Waals surface area contributed by atoms with Crippen LogP contribution in [-0.4, -0.2) is 23.4 Å². The fourth-order valence-electron chi connectivity index (χ4n) is 2.86. The maximum absolute atomic E-state index is 9.36. The maximum Gasteiger partial charge on any atom is 0.0484 e.